The molecule has 1 heterocycles. The third-order valence-corrected chi connectivity index (χ3v) is 2.77. The third kappa shape index (κ3) is 3.88. The molecule has 0 saturated heterocycles. The molecule has 1 N–H and O–H groups in total. The topological polar surface area (TPSA) is 77.2 Å². The highest BCUT2D eigenvalue weighted by Gasteiger charge is 2.38. The lowest BCUT2D eigenvalue weighted by atomic mass is 10.5. The van der Waals surface area contributed by atoms with Crippen LogP contribution in [0.2, 0.25) is 0 Å². The van der Waals surface area contributed by atoms with Gasteiger partial charge < -0.3 is 9.84 Å². The maximum atomic E-state index is 12.6. The van der Waals surface area contributed by atoms with Crippen LogP contribution in [0, 0.1) is 0 Å². The summed E-state index contributed by atoms with van der Waals surface area (Å²) in [5.74, 6) is -2.69. The van der Waals surface area contributed by atoms with Crippen molar-refractivity contribution in [2.45, 2.75) is 17.9 Å². The molecule has 1 aromatic rings. The Balaban J connectivity index is 2.95. The van der Waals surface area contributed by atoms with Gasteiger partial charge >= 0.3 is 12.1 Å². The summed E-state index contributed by atoms with van der Waals surface area (Å²) in [6.07, 6.45) is -4.64. The van der Waals surface area contributed by atoms with Gasteiger partial charge in [0, 0.05) is 7.11 Å². The molecule has 6 nitrogen and oxygen atoms in total. The minimum atomic E-state index is -4.64. The number of alkyl halides is 3. The van der Waals surface area contributed by atoms with Gasteiger partial charge in [-0.2, -0.15) is 13.2 Å². The van der Waals surface area contributed by atoms with Gasteiger partial charge in [0.15, 0.2) is 5.16 Å². The first-order valence-electron chi connectivity index (χ1n) is 4.70. The highest BCUT2D eigenvalue weighted by Crippen LogP contribution is 2.30. The summed E-state index contributed by atoms with van der Waals surface area (Å²) in [7, 11) is 1.35. The number of carbonyl (C=O) groups is 1. The number of hydrogen-bond acceptors (Lipinski definition) is 5. The van der Waals surface area contributed by atoms with Crippen LogP contribution < -0.4 is 0 Å². The minimum absolute atomic E-state index is 0.0434. The average molecular weight is 285 g/mol. The fourth-order valence-electron chi connectivity index (χ4n) is 1.12. The van der Waals surface area contributed by atoms with E-state index in [1.807, 2.05) is 0 Å². The van der Waals surface area contributed by atoms with Crippen LogP contribution in [-0.4, -0.2) is 45.3 Å². The smallest absolute Gasteiger partial charge is 0.451 e. The normalized spacial score (nSPS) is 11.8. The van der Waals surface area contributed by atoms with Gasteiger partial charge in [-0.1, -0.05) is 11.8 Å². The van der Waals surface area contributed by atoms with Crippen molar-refractivity contribution in [3.05, 3.63) is 5.82 Å². The van der Waals surface area contributed by atoms with Gasteiger partial charge in [-0.25, -0.2) is 0 Å². The Morgan fingerprint density at radius 2 is 2.17 bits per heavy atom. The Morgan fingerprint density at radius 3 is 2.67 bits per heavy atom. The number of ether oxygens (including phenoxy) is 1. The molecule has 0 atom stereocenters. The summed E-state index contributed by atoms with van der Waals surface area (Å²) in [6, 6.07) is 0. The van der Waals surface area contributed by atoms with Crippen molar-refractivity contribution in [3.8, 4) is 0 Å². The summed E-state index contributed by atoms with van der Waals surface area (Å²) in [6.45, 7) is -0.0535. The van der Waals surface area contributed by atoms with Crippen LogP contribution in [-0.2, 0) is 22.3 Å². The van der Waals surface area contributed by atoms with Crippen LogP contribution in [0.1, 0.15) is 5.82 Å². The molecule has 10 heteroatoms. The number of aromatic nitrogens is 3. The number of aliphatic carboxylic acids is 1. The molecule has 0 radical (unpaired) electrons. The van der Waals surface area contributed by atoms with E-state index in [4.69, 9.17) is 9.84 Å². The first kappa shape index (κ1) is 14.8. The molecule has 0 spiro atoms. The second-order valence-electron chi connectivity index (χ2n) is 3.13. The van der Waals surface area contributed by atoms with Crippen molar-refractivity contribution >= 4 is 17.7 Å². The second kappa shape index (κ2) is 6.05. The quantitative estimate of drug-likeness (QED) is 0.789. The Bertz CT molecular complexity index is 421. The maximum absolute atomic E-state index is 12.6. The summed E-state index contributed by atoms with van der Waals surface area (Å²) in [4.78, 5) is 10.4. The molecule has 0 aliphatic heterocycles. The van der Waals surface area contributed by atoms with E-state index in [1.54, 1.807) is 0 Å². The molecule has 0 aromatic carbocycles. The molecule has 0 aliphatic carbocycles. The molecule has 18 heavy (non-hydrogen) atoms. The number of methoxy groups -OCH3 is 1. The molecular formula is C8H10F3N3O3S. The number of halogens is 3. The van der Waals surface area contributed by atoms with Crippen LogP contribution >= 0.6 is 11.8 Å². The molecule has 0 unspecified atom stereocenters. The van der Waals surface area contributed by atoms with Gasteiger partial charge in [-0.05, 0) is 0 Å². The fourth-order valence-corrected chi connectivity index (χ4v) is 1.80. The van der Waals surface area contributed by atoms with Crippen molar-refractivity contribution in [1.29, 1.82) is 0 Å². The summed E-state index contributed by atoms with van der Waals surface area (Å²) < 4.78 is 43.3. The van der Waals surface area contributed by atoms with Crippen LogP contribution in [0.4, 0.5) is 13.2 Å². The molecular weight excluding hydrogens is 275 g/mol. The molecule has 102 valence electrons. The standard InChI is InChI=1S/C8H10F3N3O3S/c1-17-3-2-14-6(8(9,10)11)12-13-7(14)18-4-5(15)16/h2-4H2,1H3,(H,15,16). The molecule has 1 aromatic heterocycles. The molecule has 0 fully saturated rings. The second-order valence-corrected chi connectivity index (χ2v) is 4.07. The number of thioether (sulfide) groups is 1. The summed E-state index contributed by atoms with van der Waals surface area (Å²) in [5, 5.41) is 14.8. The largest absolute Gasteiger partial charge is 0.481 e. The lowest BCUT2D eigenvalue weighted by Gasteiger charge is -2.10. The zero-order valence-corrected chi connectivity index (χ0v) is 10.1. The molecule has 0 aliphatic rings. The van der Waals surface area contributed by atoms with Gasteiger partial charge in [-0.15, -0.1) is 10.2 Å². The Hall–Kier alpha value is -1.29. The van der Waals surface area contributed by atoms with E-state index in [0.29, 0.717) is 11.8 Å². The van der Waals surface area contributed by atoms with Gasteiger partial charge in [0.25, 0.3) is 0 Å². The lowest BCUT2D eigenvalue weighted by molar-refractivity contribution is -0.148. The van der Waals surface area contributed by atoms with Crippen LogP contribution in [0.25, 0.3) is 0 Å². The third-order valence-electron chi connectivity index (χ3n) is 1.81. The highest BCUT2D eigenvalue weighted by molar-refractivity contribution is 7.99. The van der Waals surface area contributed by atoms with Gasteiger partial charge in [0.2, 0.25) is 5.82 Å². The summed E-state index contributed by atoms with van der Waals surface area (Å²) in [5.41, 5.74) is 0. The van der Waals surface area contributed by atoms with Gasteiger partial charge in [0.05, 0.1) is 18.9 Å². The number of rotatable bonds is 6. The fraction of sp³-hybridized carbons (Fsp3) is 0.625. The van der Waals surface area contributed by atoms with E-state index in [1.165, 1.54) is 7.11 Å². The van der Waals surface area contributed by atoms with Crippen LogP contribution in [0.5, 0.6) is 0 Å². The van der Waals surface area contributed by atoms with Crippen molar-refractivity contribution < 1.29 is 27.8 Å². The van der Waals surface area contributed by atoms with E-state index >= 15 is 0 Å². The van der Waals surface area contributed by atoms with E-state index in [2.05, 4.69) is 10.2 Å². The SMILES string of the molecule is COCCn1c(SCC(=O)O)nnc1C(F)(F)F. The number of carboxylic acid groups (broad SMARTS) is 1. The molecule has 1 rings (SSSR count). The predicted molar refractivity (Wildman–Crippen MR) is 55.3 cm³/mol. The van der Waals surface area contributed by atoms with Crippen molar-refractivity contribution in [2.75, 3.05) is 19.5 Å². The number of nitrogens with zero attached hydrogens (tertiary/aromatic N) is 3. The zero-order valence-electron chi connectivity index (χ0n) is 9.27. The van der Waals surface area contributed by atoms with Crippen molar-refractivity contribution in [3.63, 3.8) is 0 Å². The van der Waals surface area contributed by atoms with E-state index in [9.17, 15) is 18.0 Å². The minimum Gasteiger partial charge on any atom is -0.481 e. The predicted octanol–water partition coefficient (Wildman–Crippen LogP) is 1.12. The molecule has 0 amide bonds. The highest BCUT2D eigenvalue weighted by atomic mass is 32.2. The van der Waals surface area contributed by atoms with Crippen LogP contribution in [0.3, 0.4) is 0 Å². The summed E-state index contributed by atoms with van der Waals surface area (Å²) >= 11 is 0.677. The first-order chi connectivity index (χ1) is 8.36. The van der Waals surface area contributed by atoms with Crippen LogP contribution in [0.15, 0.2) is 5.16 Å². The van der Waals surface area contributed by atoms with Gasteiger partial charge in [-0.3, -0.25) is 9.36 Å². The molecule has 0 saturated carbocycles. The first-order valence-corrected chi connectivity index (χ1v) is 5.68. The lowest BCUT2D eigenvalue weighted by Crippen LogP contribution is -2.17. The van der Waals surface area contributed by atoms with E-state index in [-0.39, 0.29) is 24.1 Å². The van der Waals surface area contributed by atoms with E-state index in [0.717, 1.165) is 4.57 Å². The zero-order chi connectivity index (χ0) is 13.8. The Kier molecular flexibility index (Phi) is 4.96. The van der Waals surface area contributed by atoms with Gasteiger partial charge in [0.1, 0.15) is 0 Å². The molecule has 0 bridgehead atoms. The Labute approximate surface area is 104 Å². The number of carboxylic acids is 1. The van der Waals surface area contributed by atoms with Crippen molar-refractivity contribution in [2.24, 2.45) is 0 Å². The maximum Gasteiger partial charge on any atom is 0.451 e. The number of hydrogen-bond donors (Lipinski definition) is 1. The Morgan fingerprint density at radius 1 is 1.50 bits per heavy atom. The average Bonchev–Trinajstić information content (AvgIpc) is 2.66. The monoisotopic (exact) mass is 285 g/mol. The van der Waals surface area contributed by atoms with E-state index < -0.39 is 18.0 Å². The van der Waals surface area contributed by atoms with Crippen molar-refractivity contribution in [1.82, 2.24) is 14.8 Å².